The van der Waals surface area contributed by atoms with E-state index in [1.807, 2.05) is 44.2 Å². The third kappa shape index (κ3) is 5.56. The van der Waals surface area contributed by atoms with Crippen LogP contribution in [-0.4, -0.2) is 11.9 Å². The molecule has 132 valence electrons. The second kappa shape index (κ2) is 8.47. The highest BCUT2D eigenvalue weighted by Gasteiger charge is 2.26. The molecular weight excluding hydrogens is 429 g/mol. The maximum absolute atomic E-state index is 12.7. The first kappa shape index (κ1) is 19.4. The van der Waals surface area contributed by atoms with E-state index in [1.54, 1.807) is 12.1 Å². The van der Waals surface area contributed by atoms with E-state index in [0.29, 0.717) is 12.1 Å². The molecule has 0 unspecified atom stereocenters. The Morgan fingerprint density at radius 3 is 2.16 bits per heavy atom. The topological polar surface area (TPSA) is 69.2 Å². The highest BCUT2D eigenvalue weighted by molar-refractivity contribution is 14.1. The number of carbonyl (C=O) groups is 2. The summed E-state index contributed by atoms with van der Waals surface area (Å²) in [5, 5.41) is 14.2. The molecule has 2 rings (SSSR count). The van der Waals surface area contributed by atoms with E-state index in [4.69, 9.17) is 0 Å². The number of carboxylic acids is 1. The molecule has 25 heavy (non-hydrogen) atoms. The van der Waals surface area contributed by atoms with E-state index in [1.165, 1.54) is 6.92 Å². The Morgan fingerprint density at radius 2 is 1.64 bits per heavy atom. The molecule has 0 bridgehead atoms. The molecule has 1 amide bonds. The lowest BCUT2D eigenvalue weighted by atomic mass is 9.86. The van der Waals surface area contributed by atoms with Crippen molar-refractivity contribution in [2.75, 3.05) is 5.32 Å². The van der Waals surface area contributed by atoms with Crippen molar-refractivity contribution in [1.82, 2.24) is 0 Å². The van der Waals surface area contributed by atoms with Gasteiger partial charge in [-0.2, -0.15) is 0 Å². The summed E-state index contributed by atoms with van der Waals surface area (Å²) in [6, 6.07) is 13.4. The predicted molar refractivity (Wildman–Crippen MR) is 105 cm³/mol. The largest absolute Gasteiger partial charge is 0.550 e. The van der Waals surface area contributed by atoms with Gasteiger partial charge in [-0.1, -0.05) is 36.2 Å². The van der Waals surface area contributed by atoms with Gasteiger partial charge in [0.2, 0.25) is 5.91 Å². The highest BCUT2D eigenvalue weighted by atomic mass is 127. The molecule has 0 radical (unpaired) electrons. The van der Waals surface area contributed by atoms with Gasteiger partial charge in [-0.05, 0) is 72.7 Å². The summed E-state index contributed by atoms with van der Waals surface area (Å²) in [4.78, 5) is 24.1. The predicted octanol–water partition coefficient (Wildman–Crippen LogP) is 3.09. The minimum Gasteiger partial charge on any atom is -0.550 e. The van der Waals surface area contributed by atoms with Gasteiger partial charge < -0.3 is 15.2 Å². The lowest BCUT2D eigenvalue weighted by Crippen LogP contribution is -2.40. The summed E-state index contributed by atoms with van der Waals surface area (Å²) in [5.74, 6) is -3.11. The summed E-state index contributed by atoms with van der Waals surface area (Å²) < 4.78 is 1.06. The molecule has 2 atom stereocenters. The first-order valence-corrected chi connectivity index (χ1v) is 9.18. The normalized spacial score (nSPS) is 13.1. The number of carboxylic acid groups (broad SMARTS) is 1. The Hall–Kier alpha value is -1.89. The lowest BCUT2D eigenvalue weighted by molar-refractivity contribution is -0.312. The maximum atomic E-state index is 12.7. The Labute approximate surface area is 161 Å². The third-order valence-electron chi connectivity index (χ3n) is 4.16. The van der Waals surface area contributed by atoms with E-state index < -0.39 is 17.8 Å². The van der Waals surface area contributed by atoms with Gasteiger partial charge in [-0.15, -0.1) is 0 Å². The first-order chi connectivity index (χ1) is 11.8. The van der Waals surface area contributed by atoms with Crippen molar-refractivity contribution in [2.24, 2.45) is 11.8 Å². The van der Waals surface area contributed by atoms with Crippen molar-refractivity contribution >= 4 is 40.2 Å². The number of hydrogen-bond donors (Lipinski definition) is 1. The number of hydrogen-bond acceptors (Lipinski definition) is 3. The zero-order chi connectivity index (χ0) is 18.6. The van der Waals surface area contributed by atoms with Crippen LogP contribution in [0.15, 0.2) is 42.5 Å². The van der Waals surface area contributed by atoms with Gasteiger partial charge in [0.05, 0.1) is 5.92 Å². The van der Waals surface area contributed by atoms with Gasteiger partial charge in [0.1, 0.15) is 0 Å². The van der Waals surface area contributed by atoms with Crippen LogP contribution in [0.25, 0.3) is 0 Å². The van der Waals surface area contributed by atoms with Crippen LogP contribution in [0.1, 0.15) is 23.6 Å². The zero-order valence-corrected chi connectivity index (χ0v) is 16.7. The molecule has 0 spiro atoms. The number of benzene rings is 2. The molecule has 0 saturated carbocycles. The van der Waals surface area contributed by atoms with Crippen molar-refractivity contribution in [3.05, 3.63) is 62.7 Å². The van der Waals surface area contributed by atoms with Crippen LogP contribution < -0.4 is 10.4 Å². The fraction of sp³-hybridized carbons (Fsp3) is 0.300. The quantitative estimate of drug-likeness (QED) is 0.688. The summed E-state index contributed by atoms with van der Waals surface area (Å²) in [7, 11) is 0. The Kier molecular flexibility index (Phi) is 6.58. The van der Waals surface area contributed by atoms with Crippen molar-refractivity contribution in [1.29, 1.82) is 0 Å². The lowest BCUT2D eigenvalue weighted by Gasteiger charge is -2.24. The maximum Gasteiger partial charge on any atom is 0.228 e. The second-order valence-electron chi connectivity index (χ2n) is 6.41. The molecule has 1 N–H and O–H groups in total. The molecule has 0 aliphatic carbocycles. The molecule has 0 fully saturated rings. The van der Waals surface area contributed by atoms with Gasteiger partial charge in [-0.3, -0.25) is 4.79 Å². The average Bonchev–Trinajstić information content (AvgIpc) is 2.53. The molecule has 0 saturated heterocycles. The number of aryl methyl sites for hydroxylation is 2. The molecule has 5 heteroatoms. The fourth-order valence-electron chi connectivity index (χ4n) is 2.87. The Morgan fingerprint density at radius 1 is 1.08 bits per heavy atom. The number of nitrogens with one attached hydrogen (secondary N) is 1. The SMILES string of the molecule is Cc1cc(C)cc(C[C@@H](C(=O)Nc2ccc(I)cc2)[C@H](C)C(=O)[O-])c1. The van der Waals surface area contributed by atoms with Gasteiger partial charge in [0.15, 0.2) is 0 Å². The number of amides is 1. The van der Waals surface area contributed by atoms with Crippen molar-refractivity contribution in [3.8, 4) is 0 Å². The molecule has 2 aromatic rings. The fourth-order valence-corrected chi connectivity index (χ4v) is 3.23. The number of halogens is 1. The van der Waals surface area contributed by atoms with Crippen molar-refractivity contribution in [3.63, 3.8) is 0 Å². The van der Waals surface area contributed by atoms with E-state index in [9.17, 15) is 14.7 Å². The minimum atomic E-state index is -1.22. The van der Waals surface area contributed by atoms with E-state index >= 15 is 0 Å². The zero-order valence-electron chi connectivity index (χ0n) is 14.5. The van der Waals surface area contributed by atoms with Gasteiger partial charge >= 0.3 is 0 Å². The molecule has 2 aromatic carbocycles. The first-order valence-electron chi connectivity index (χ1n) is 8.10. The van der Waals surface area contributed by atoms with E-state index in [-0.39, 0.29) is 5.91 Å². The molecular formula is C20H21INO3-. The smallest absolute Gasteiger partial charge is 0.228 e. The Balaban J connectivity index is 2.23. The standard InChI is InChI=1S/C20H22INO3/c1-12-8-13(2)10-15(9-12)11-18(14(3)20(24)25)19(23)22-17-6-4-16(21)5-7-17/h4-10,14,18H,11H2,1-3H3,(H,22,23)(H,24,25)/p-1/t14-,18+/m0/s1. The summed E-state index contributed by atoms with van der Waals surface area (Å²) in [6.07, 6.45) is 0.355. The molecule has 0 heterocycles. The highest BCUT2D eigenvalue weighted by Crippen LogP contribution is 2.22. The van der Waals surface area contributed by atoms with Crippen LogP contribution in [0.5, 0.6) is 0 Å². The number of anilines is 1. The van der Waals surface area contributed by atoms with Crippen LogP contribution >= 0.6 is 22.6 Å². The Bertz CT molecular complexity index is 751. The van der Waals surface area contributed by atoms with E-state index in [2.05, 4.69) is 27.9 Å². The molecule has 4 nitrogen and oxygen atoms in total. The van der Waals surface area contributed by atoms with E-state index in [0.717, 1.165) is 20.3 Å². The van der Waals surface area contributed by atoms with Crippen LogP contribution in [-0.2, 0) is 16.0 Å². The van der Waals surface area contributed by atoms with Gasteiger partial charge in [0, 0.05) is 21.1 Å². The van der Waals surface area contributed by atoms with Crippen LogP contribution in [0.4, 0.5) is 5.69 Å². The minimum absolute atomic E-state index is 0.308. The average molecular weight is 450 g/mol. The summed E-state index contributed by atoms with van der Waals surface area (Å²) >= 11 is 2.19. The van der Waals surface area contributed by atoms with Crippen molar-refractivity contribution < 1.29 is 14.7 Å². The van der Waals surface area contributed by atoms with Crippen molar-refractivity contribution in [2.45, 2.75) is 27.2 Å². The summed E-state index contributed by atoms with van der Waals surface area (Å²) in [6.45, 7) is 5.49. The number of aliphatic carboxylic acids is 1. The number of rotatable bonds is 6. The van der Waals surface area contributed by atoms with Crippen LogP contribution in [0.3, 0.4) is 0 Å². The second-order valence-corrected chi connectivity index (χ2v) is 7.66. The molecule has 0 aliphatic heterocycles. The number of carbonyl (C=O) groups excluding carboxylic acids is 2. The molecule has 0 aliphatic rings. The summed E-state index contributed by atoms with van der Waals surface area (Å²) in [5.41, 5.74) is 3.79. The van der Waals surface area contributed by atoms with Crippen LogP contribution in [0.2, 0.25) is 0 Å². The van der Waals surface area contributed by atoms with Gasteiger partial charge in [0.25, 0.3) is 0 Å². The monoisotopic (exact) mass is 450 g/mol. The molecule has 0 aromatic heterocycles. The van der Waals surface area contributed by atoms with Gasteiger partial charge in [-0.25, -0.2) is 0 Å². The third-order valence-corrected chi connectivity index (χ3v) is 4.88. The van der Waals surface area contributed by atoms with Crippen LogP contribution in [0, 0.1) is 29.3 Å².